The molecule has 4 rings (SSSR count). The quantitative estimate of drug-likeness (QED) is 0.345. The van der Waals surface area contributed by atoms with Gasteiger partial charge in [0, 0.05) is 23.2 Å². The Kier molecular flexibility index (Phi) is 7.89. The maximum absolute atomic E-state index is 12.6. The summed E-state index contributed by atoms with van der Waals surface area (Å²) in [7, 11) is 0. The zero-order valence-electron chi connectivity index (χ0n) is 18.8. The summed E-state index contributed by atoms with van der Waals surface area (Å²) in [6.07, 6.45) is 8.00. The lowest BCUT2D eigenvalue weighted by Crippen LogP contribution is -2.06. The summed E-state index contributed by atoms with van der Waals surface area (Å²) in [5.41, 5.74) is 4.83. The van der Waals surface area contributed by atoms with E-state index < -0.39 is 5.97 Å². The number of hydrogen-bond donors (Lipinski definition) is 2. The van der Waals surface area contributed by atoms with Crippen LogP contribution in [0.1, 0.15) is 64.3 Å². The molecule has 2 N–H and O–H groups in total. The third kappa shape index (κ3) is 6.75. The first kappa shape index (κ1) is 23.2. The molecule has 1 aromatic heterocycles. The number of aromatic nitrogens is 1. The van der Waals surface area contributed by atoms with Crippen LogP contribution in [0.15, 0.2) is 53.9 Å². The van der Waals surface area contributed by atoms with Crippen LogP contribution < -0.4 is 5.32 Å². The van der Waals surface area contributed by atoms with E-state index in [0.29, 0.717) is 22.8 Å². The number of thiazole rings is 1. The van der Waals surface area contributed by atoms with Crippen LogP contribution in [0.4, 0.5) is 5.69 Å². The molecular weight excluding hydrogens is 432 g/mol. The number of nitrogens with one attached hydrogen (secondary N) is 1. The van der Waals surface area contributed by atoms with E-state index in [2.05, 4.69) is 34.6 Å². The van der Waals surface area contributed by atoms with Gasteiger partial charge in [-0.15, -0.1) is 11.3 Å². The van der Waals surface area contributed by atoms with Crippen molar-refractivity contribution in [1.29, 1.82) is 0 Å². The average molecular weight is 463 g/mol. The number of aliphatic carboxylic acids is 1. The van der Waals surface area contributed by atoms with E-state index in [-0.39, 0.29) is 18.6 Å². The maximum Gasteiger partial charge on any atom is 0.309 e. The Hall–Kier alpha value is -2.99. The first-order chi connectivity index (χ1) is 16.1. The molecule has 6 heteroatoms. The number of nitrogens with zero attached hydrogens (tertiary/aromatic N) is 1. The van der Waals surface area contributed by atoms with Crippen LogP contribution in [0.5, 0.6) is 0 Å². The highest BCUT2D eigenvalue weighted by Crippen LogP contribution is 2.30. The number of aryl methyl sites for hydroxylation is 1. The van der Waals surface area contributed by atoms with E-state index in [4.69, 9.17) is 5.11 Å². The minimum atomic E-state index is -0.918. The second-order valence-electron chi connectivity index (χ2n) is 8.80. The van der Waals surface area contributed by atoms with Crippen LogP contribution in [-0.4, -0.2) is 21.8 Å². The Morgan fingerprint density at radius 1 is 1.03 bits per heavy atom. The fourth-order valence-corrected chi connectivity index (χ4v) is 5.27. The highest BCUT2D eigenvalue weighted by atomic mass is 32.1. The molecule has 0 bridgehead atoms. The number of rotatable bonds is 11. The van der Waals surface area contributed by atoms with Crippen molar-refractivity contribution in [2.75, 3.05) is 5.32 Å². The fourth-order valence-electron chi connectivity index (χ4n) is 4.48. The van der Waals surface area contributed by atoms with Gasteiger partial charge in [0.2, 0.25) is 0 Å². The van der Waals surface area contributed by atoms with Gasteiger partial charge in [-0.25, -0.2) is 4.98 Å². The minimum Gasteiger partial charge on any atom is -0.481 e. The van der Waals surface area contributed by atoms with Crippen molar-refractivity contribution in [1.82, 2.24) is 4.98 Å². The summed E-state index contributed by atoms with van der Waals surface area (Å²) < 4.78 is 0. The number of anilines is 1. The Morgan fingerprint density at radius 2 is 1.79 bits per heavy atom. The predicted octanol–water partition coefficient (Wildman–Crippen LogP) is 5.93. The molecule has 1 aliphatic rings. The number of para-hydroxylation sites is 1. The SMILES string of the molecule is O=C(O)Cc1csc(CC(=O)c2ccc(CNc3ccccc3CCC3CCCC3)cc2)n1. The van der Waals surface area contributed by atoms with Gasteiger partial charge in [0.15, 0.2) is 5.78 Å². The first-order valence-electron chi connectivity index (χ1n) is 11.7. The molecule has 33 heavy (non-hydrogen) atoms. The number of carboxylic acid groups (broad SMARTS) is 1. The van der Waals surface area contributed by atoms with Gasteiger partial charge in [-0.05, 0) is 36.0 Å². The molecule has 1 saturated carbocycles. The van der Waals surface area contributed by atoms with E-state index >= 15 is 0 Å². The van der Waals surface area contributed by atoms with E-state index in [9.17, 15) is 9.59 Å². The number of carbonyl (C=O) groups excluding carboxylic acids is 1. The van der Waals surface area contributed by atoms with Crippen molar-refractivity contribution in [3.05, 3.63) is 81.3 Å². The molecule has 2 aromatic carbocycles. The van der Waals surface area contributed by atoms with Gasteiger partial charge in [-0.3, -0.25) is 9.59 Å². The van der Waals surface area contributed by atoms with Crippen molar-refractivity contribution in [3.63, 3.8) is 0 Å². The van der Waals surface area contributed by atoms with Gasteiger partial charge in [-0.1, -0.05) is 68.1 Å². The van der Waals surface area contributed by atoms with Crippen LogP contribution >= 0.6 is 11.3 Å². The van der Waals surface area contributed by atoms with Crippen LogP contribution in [0, 0.1) is 5.92 Å². The molecule has 172 valence electrons. The van der Waals surface area contributed by atoms with Crippen molar-refractivity contribution in [2.24, 2.45) is 5.92 Å². The fraction of sp³-hybridized carbons (Fsp3) is 0.370. The molecule has 0 amide bonds. The zero-order chi connectivity index (χ0) is 23.0. The third-order valence-corrected chi connectivity index (χ3v) is 7.21. The van der Waals surface area contributed by atoms with Gasteiger partial charge in [0.1, 0.15) is 5.01 Å². The molecule has 0 aliphatic heterocycles. The summed E-state index contributed by atoms with van der Waals surface area (Å²) in [5, 5.41) is 14.8. The molecule has 0 spiro atoms. The van der Waals surface area contributed by atoms with Crippen LogP contribution in [0.2, 0.25) is 0 Å². The monoisotopic (exact) mass is 462 g/mol. The van der Waals surface area contributed by atoms with E-state index in [0.717, 1.165) is 17.9 Å². The number of Topliss-reactive ketones (excluding diaryl/α,β-unsaturated/α-hetero) is 1. The molecular formula is C27H30N2O3S. The number of benzene rings is 2. The van der Waals surface area contributed by atoms with E-state index in [1.807, 2.05) is 24.3 Å². The van der Waals surface area contributed by atoms with Crippen molar-refractivity contribution >= 4 is 28.8 Å². The van der Waals surface area contributed by atoms with Gasteiger partial charge in [0.25, 0.3) is 0 Å². The van der Waals surface area contributed by atoms with E-state index in [1.54, 1.807) is 5.38 Å². The number of carboxylic acids is 1. The zero-order valence-corrected chi connectivity index (χ0v) is 19.6. The summed E-state index contributed by atoms with van der Waals surface area (Å²) in [6, 6.07) is 16.2. The third-order valence-electron chi connectivity index (χ3n) is 6.32. The van der Waals surface area contributed by atoms with Crippen molar-refractivity contribution in [2.45, 2.75) is 57.9 Å². The van der Waals surface area contributed by atoms with Crippen LogP contribution in [0.3, 0.4) is 0 Å². The highest BCUT2D eigenvalue weighted by Gasteiger charge is 2.15. The largest absolute Gasteiger partial charge is 0.481 e. The molecule has 1 heterocycles. The Labute approximate surface area is 198 Å². The number of hydrogen-bond acceptors (Lipinski definition) is 5. The van der Waals surface area contributed by atoms with Crippen LogP contribution in [0.25, 0.3) is 0 Å². The number of ketones is 1. The molecule has 1 fully saturated rings. The second kappa shape index (κ2) is 11.2. The van der Waals surface area contributed by atoms with Crippen LogP contribution in [-0.2, 0) is 30.6 Å². The van der Waals surface area contributed by atoms with E-state index in [1.165, 1.54) is 54.7 Å². The van der Waals surface area contributed by atoms with Gasteiger partial charge in [0.05, 0.1) is 18.5 Å². The van der Waals surface area contributed by atoms with Gasteiger partial charge in [-0.2, -0.15) is 0 Å². The molecule has 0 atom stereocenters. The first-order valence-corrected chi connectivity index (χ1v) is 12.5. The van der Waals surface area contributed by atoms with Gasteiger partial charge >= 0.3 is 5.97 Å². The Balaban J connectivity index is 1.30. The standard InChI is InChI=1S/C27H30N2O3S/c30-25(16-26-29-23(18-33-26)15-27(31)32)22-13-10-20(11-14-22)17-28-24-8-4-3-7-21(24)12-9-19-5-1-2-6-19/h3-4,7-8,10-11,13-14,18-19,28H,1-2,5-6,9,12,15-17H2,(H,31,32). The Morgan fingerprint density at radius 3 is 2.55 bits per heavy atom. The molecule has 0 radical (unpaired) electrons. The second-order valence-corrected chi connectivity index (χ2v) is 9.74. The lowest BCUT2D eigenvalue weighted by Gasteiger charge is -2.14. The molecule has 1 aliphatic carbocycles. The normalized spacial score (nSPS) is 13.8. The minimum absolute atomic E-state index is 0.0111. The summed E-state index contributed by atoms with van der Waals surface area (Å²) in [6.45, 7) is 0.708. The lowest BCUT2D eigenvalue weighted by molar-refractivity contribution is -0.136. The predicted molar refractivity (Wildman–Crippen MR) is 132 cm³/mol. The van der Waals surface area contributed by atoms with Gasteiger partial charge < -0.3 is 10.4 Å². The smallest absolute Gasteiger partial charge is 0.309 e. The topological polar surface area (TPSA) is 79.3 Å². The molecule has 3 aromatic rings. The van der Waals surface area contributed by atoms with Crippen molar-refractivity contribution < 1.29 is 14.7 Å². The summed E-state index contributed by atoms with van der Waals surface area (Å²) in [4.78, 5) is 27.6. The average Bonchev–Trinajstić information content (AvgIpc) is 3.49. The molecule has 0 saturated heterocycles. The maximum atomic E-state index is 12.6. The lowest BCUT2D eigenvalue weighted by atomic mass is 9.97. The molecule has 0 unspecified atom stereocenters. The highest BCUT2D eigenvalue weighted by molar-refractivity contribution is 7.09. The number of carbonyl (C=O) groups is 2. The Bertz CT molecular complexity index is 1080. The molecule has 5 nitrogen and oxygen atoms in total. The summed E-state index contributed by atoms with van der Waals surface area (Å²) >= 11 is 1.33. The summed E-state index contributed by atoms with van der Waals surface area (Å²) in [5.74, 6) is -0.0434. The van der Waals surface area contributed by atoms with Crippen molar-refractivity contribution in [3.8, 4) is 0 Å².